The van der Waals surface area contributed by atoms with Crippen LogP contribution in [0.1, 0.15) is 26.4 Å². The Hall–Kier alpha value is -1.88. The smallest absolute Gasteiger partial charge is 0.257 e. The molecule has 0 aliphatic rings. The number of halogens is 2. The summed E-state index contributed by atoms with van der Waals surface area (Å²) in [5, 5.41) is 4.72. The summed E-state index contributed by atoms with van der Waals surface area (Å²) in [4.78, 5) is 17.6. The summed E-state index contributed by atoms with van der Waals surface area (Å²) < 4.78 is 0. The molecule has 1 aromatic heterocycles. The van der Waals surface area contributed by atoms with Crippen molar-refractivity contribution in [3.05, 3.63) is 80.3 Å². The Morgan fingerprint density at radius 2 is 2.00 bits per heavy atom. The van der Waals surface area contributed by atoms with Gasteiger partial charge in [0.1, 0.15) is 0 Å². The van der Waals surface area contributed by atoms with E-state index in [-0.39, 0.29) is 5.91 Å². The molecule has 3 rings (SSSR count). The number of carbonyl (C=O) groups is 1. The Bertz CT molecular complexity index is 892. The molecule has 1 amide bonds. The molecule has 0 bridgehead atoms. The number of nitrogens with zero attached hydrogens (tertiary/aromatic N) is 1. The van der Waals surface area contributed by atoms with Crippen molar-refractivity contribution in [2.24, 2.45) is 0 Å². The standard InChI is InChI=1S/C18H14Cl2N2OS/c1-11-4-2-3-5-15(11)17(23)22-18-21-10-14(24-18)9-12-8-13(19)6-7-16(12)20/h2-8,10H,9H2,1H3,(H,21,22,23). The lowest BCUT2D eigenvalue weighted by Crippen LogP contribution is -2.12. The summed E-state index contributed by atoms with van der Waals surface area (Å²) in [7, 11) is 0. The Balaban J connectivity index is 1.73. The van der Waals surface area contributed by atoms with Gasteiger partial charge in [-0.2, -0.15) is 0 Å². The maximum atomic E-state index is 12.3. The largest absolute Gasteiger partial charge is 0.298 e. The van der Waals surface area contributed by atoms with Gasteiger partial charge in [0.15, 0.2) is 5.13 Å². The fourth-order valence-electron chi connectivity index (χ4n) is 2.31. The van der Waals surface area contributed by atoms with Crippen molar-refractivity contribution >= 4 is 45.6 Å². The van der Waals surface area contributed by atoms with Gasteiger partial charge in [-0.05, 0) is 42.3 Å². The molecule has 0 atom stereocenters. The molecule has 0 aliphatic heterocycles. The van der Waals surface area contributed by atoms with E-state index in [9.17, 15) is 4.79 Å². The number of amides is 1. The highest BCUT2D eigenvalue weighted by Gasteiger charge is 2.12. The number of carbonyl (C=O) groups excluding carboxylic acids is 1. The van der Waals surface area contributed by atoms with Crippen molar-refractivity contribution in [3.63, 3.8) is 0 Å². The van der Waals surface area contributed by atoms with Gasteiger partial charge in [-0.1, -0.05) is 41.4 Å². The van der Waals surface area contributed by atoms with Gasteiger partial charge in [-0.3, -0.25) is 10.1 Å². The van der Waals surface area contributed by atoms with E-state index in [0.29, 0.717) is 27.2 Å². The predicted molar refractivity (Wildman–Crippen MR) is 101 cm³/mol. The summed E-state index contributed by atoms with van der Waals surface area (Å²) in [6.45, 7) is 1.91. The van der Waals surface area contributed by atoms with Gasteiger partial charge >= 0.3 is 0 Å². The van der Waals surface area contributed by atoms with Crippen LogP contribution in [0.25, 0.3) is 0 Å². The molecular weight excluding hydrogens is 363 g/mol. The average Bonchev–Trinajstić information content (AvgIpc) is 2.98. The fraction of sp³-hybridized carbons (Fsp3) is 0.111. The summed E-state index contributed by atoms with van der Waals surface area (Å²) in [5.74, 6) is -0.158. The predicted octanol–water partition coefficient (Wildman–Crippen LogP) is 5.60. The lowest BCUT2D eigenvalue weighted by atomic mass is 10.1. The number of thiazole rings is 1. The summed E-state index contributed by atoms with van der Waals surface area (Å²) in [6.07, 6.45) is 2.37. The number of rotatable bonds is 4. The first-order chi connectivity index (χ1) is 11.5. The van der Waals surface area contributed by atoms with Crippen LogP contribution in [0.3, 0.4) is 0 Å². The van der Waals surface area contributed by atoms with E-state index in [2.05, 4.69) is 10.3 Å². The lowest BCUT2D eigenvalue weighted by molar-refractivity contribution is 0.102. The highest BCUT2D eigenvalue weighted by molar-refractivity contribution is 7.15. The minimum Gasteiger partial charge on any atom is -0.298 e. The SMILES string of the molecule is Cc1ccccc1C(=O)Nc1ncc(Cc2cc(Cl)ccc2Cl)s1. The number of nitrogens with one attached hydrogen (secondary N) is 1. The van der Waals surface area contributed by atoms with Crippen LogP contribution in [0.4, 0.5) is 5.13 Å². The van der Waals surface area contributed by atoms with Gasteiger partial charge in [-0.15, -0.1) is 11.3 Å². The molecule has 3 nitrogen and oxygen atoms in total. The monoisotopic (exact) mass is 376 g/mol. The molecule has 0 spiro atoms. The van der Waals surface area contributed by atoms with Crippen molar-refractivity contribution in [3.8, 4) is 0 Å². The molecule has 0 aliphatic carbocycles. The second-order valence-corrected chi connectivity index (χ2v) is 7.27. The van der Waals surface area contributed by atoms with Crippen LogP contribution in [0.15, 0.2) is 48.7 Å². The zero-order chi connectivity index (χ0) is 17.1. The van der Waals surface area contributed by atoms with Crippen molar-refractivity contribution < 1.29 is 4.79 Å². The van der Waals surface area contributed by atoms with Crippen LogP contribution in [0, 0.1) is 6.92 Å². The minimum atomic E-state index is -0.158. The number of hydrogen-bond donors (Lipinski definition) is 1. The van der Waals surface area contributed by atoms with Gasteiger partial charge in [0.25, 0.3) is 5.91 Å². The first-order valence-corrected chi connectivity index (χ1v) is 8.86. The van der Waals surface area contributed by atoms with Crippen molar-refractivity contribution in [1.29, 1.82) is 0 Å². The summed E-state index contributed by atoms with van der Waals surface area (Å²) in [6, 6.07) is 12.8. The molecule has 1 heterocycles. The van der Waals surface area contributed by atoms with Crippen LogP contribution in [-0.4, -0.2) is 10.9 Å². The van der Waals surface area contributed by atoms with E-state index >= 15 is 0 Å². The van der Waals surface area contributed by atoms with E-state index in [1.54, 1.807) is 24.4 Å². The molecule has 3 aromatic rings. The molecule has 0 unspecified atom stereocenters. The number of benzene rings is 2. The first-order valence-electron chi connectivity index (χ1n) is 7.28. The van der Waals surface area contributed by atoms with Gasteiger partial charge < -0.3 is 0 Å². The molecule has 2 aromatic carbocycles. The Morgan fingerprint density at radius 1 is 1.21 bits per heavy atom. The summed E-state index contributed by atoms with van der Waals surface area (Å²) >= 11 is 13.6. The zero-order valence-electron chi connectivity index (χ0n) is 12.8. The topological polar surface area (TPSA) is 42.0 Å². The van der Waals surface area contributed by atoms with Crippen LogP contribution in [0.2, 0.25) is 10.0 Å². The van der Waals surface area contributed by atoms with Crippen molar-refractivity contribution in [1.82, 2.24) is 4.98 Å². The third-order valence-electron chi connectivity index (χ3n) is 3.54. The van der Waals surface area contributed by atoms with E-state index in [1.807, 2.05) is 31.2 Å². The number of aryl methyl sites for hydroxylation is 1. The zero-order valence-corrected chi connectivity index (χ0v) is 15.2. The van der Waals surface area contributed by atoms with Crippen molar-refractivity contribution in [2.75, 3.05) is 5.32 Å². The van der Waals surface area contributed by atoms with E-state index in [0.717, 1.165) is 16.0 Å². The normalized spacial score (nSPS) is 10.6. The highest BCUT2D eigenvalue weighted by Crippen LogP contribution is 2.27. The van der Waals surface area contributed by atoms with E-state index in [1.165, 1.54) is 11.3 Å². The second-order valence-electron chi connectivity index (χ2n) is 5.31. The lowest BCUT2D eigenvalue weighted by Gasteiger charge is -2.04. The van der Waals surface area contributed by atoms with Gasteiger partial charge in [0.2, 0.25) is 0 Å². The van der Waals surface area contributed by atoms with Crippen molar-refractivity contribution in [2.45, 2.75) is 13.3 Å². The molecule has 0 saturated carbocycles. The Labute approximate surface area is 154 Å². The third-order valence-corrected chi connectivity index (χ3v) is 5.05. The van der Waals surface area contributed by atoms with E-state index < -0.39 is 0 Å². The van der Waals surface area contributed by atoms with Crippen LogP contribution in [0.5, 0.6) is 0 Å². The Morgan fingerprint density at radius 3 is 2.79 bits per heavy atom. The minimum absolute atomic E-state index is 0.158. The van der Waals surface area contributed by atoms with Gasteiger partial charge in [-0.25, -0.2) is 4.98 Å². The number of anilines is 1. The molecule has 0 saturated heterocycles. The molecule has 0 radical (unpaired) electrons. The molecule has 24 heavy (non-hydrogen) atoms. The number of aromatic nitrogens is 1. The first kappa shape index (κ1) is 17.0. The molecular formula is C18H14Cl2N2OS. The van der Waals surface area contributed by atoms with Crippen LogP contribution in [-0.2, 0) is 6.42 Å². The van der Waals surface area contributed by atoms with Crippen LogP contribution >= 0.6 is 34.5 Å². The highest BCUT2D eigenvalue weighted by atomic mass is 35.5. The maximum Gasteiger partial charge on any atom is 0.257 e. The van der Waals surface area contributed by atoms with E-state index in [4.69, 9.17) is 23.2 Å². The maximum absolute atomic E-state index is 12.3. The fourth-order valence-corrected chi connectivity index (χ4v) is 3.52. The molecule has 6 heteroatoms. The summed E-state index contributed by atoms with van der Waals surface area (Å²) in [5.41, 5.74) is 2.51. The quantitative estimate of drug-likeness (QED) is 0.643. The third kappa shape index (κ3) is 3.96. The van der Waals surface area contributed by atoms with Gasteiger partial charge in [0, 0.05) is 33.1 Å². The molecule has 0 fully saturated rings. The Kier molecular flexibility index (Phi) is 5.19. The second kappa shape index (κ2) is 7.34. The van der Waals surface area contributed by atoms with Gasteiger partial charge in [0.05, 0.1) is 0 Å². The average molecular weight is 377 g/mol. The van der Waals surface area contributed by atoms with Crippen LogP contribution < -0.4 is 5.32 Å². The molecule has 1 N–H and O–H groups in total. The molecule has 122 valence electrons. The number of hydrogen-bond acceptors (Lipinski definition) is 3.